The van der Waals surface area contributed by atoms with Crippen LogP contribution in [0.2, 0.25) is 0 Å². The van der Waals surface area contributed by atoms with E-state index in [-0.39, 0.29) is 18.1 Å². The first-order chi connectivity index (χ1) is 9.13. The summed E-state index contributed by atoms with van der Waals surface area (Å²) < 4.78 is 5.89. The van der Waals surface area contributed by atoms with E-state index in [1.807, 2.05) is 24.0 Å². The minimum absolute atomic E-state index is 0.0286. The molecule has 1 amide bonds. The van der Waals surface area contributed by atoms with Crippen LogP contribution in [0.25, 0.3) is 0 Å². The molecule has 0 aromatic heterocycles. The first kappa shape index (κ1) is 14.0. The van der Waals surface area contributed by atoms with Crippen molar-refractivity contribution in [1.29, 1.82) is 0 Å². The predicted octanol–water partition coefficient (Wildman–Crippen LogP) is 1.63. The van der Waals surface area contributed by atoms with E-state index in [0.717, 1.165) is 0 Å². The van der Waals surface area contributed by atoms with Gasteiger partial charge in [-0.15, -0.1) is 0 Å². The average Bonchev–Trinajstić information content (AvgIpc) is 2.40. The minimum atomic E-state index is -0.0286. The van der Waals surface area contributed by atoms with E-state index >= 15 is 0 Å². The number of nitrogens with two attached hydrogens (primary N) is 1. The van der Waals surface area contributed by atoms with Crippen LogP contribution in [0.5, 0.6) is 0 Å². The van der Waals surface area contributed by atoms with Crippen molar-refractivity contribution in [2.24, 2.45) is 5.73 Å². The van der Waals surface area contributed by atoms with E-state index in [1.54, 1.807) is 0 Å². The Balaban J connectivity index is 2.13. The third kappa shape index (κ3) is 3.14. The molecule has 1 aliphatic heterocycles. The van der Waals surface area contributed by atoms with Crippen LogP contribution in [0.1, 0.15) is 30.6 Å². The number of morpholine rings is 1. The van der Waals surface area contributed by atoms with Gasteiger partial charge in [0.1, 0.15) is 6.10 Å². The molecule has 1 heterocycles. The van der Waals surface area contributed by atoms with Gasteiger partial charge in [-0.1, -0.05) is 24.3 Å². The number of nitrogens with zero attached hydrogens (tertiary/aromatic N) is 1. The fraction of sp³-hybridized carbons (Fsp3) is 0.533. The van der Waals surface area contributed by atoms with Crippen LogP contribution in [-0.4, -0.2) is 36.5 Å². The molecule has 104 valence electrons. The van der Waals surface area contributed by atoms with Crippen molar-refractivity contribution in [1.82, 2.24) is 4.90 Å². The monoisotopic (exact) mass is 262 g/mol. The number of hydrogen-bond acceptors (Lipinski definition) is 3. The number of ether oxygens (including phenoxy) is 1. The molecule has 2 N–H and O–H groups in total. The molecule has 0 aliphatic carbocycles. The van der Waals surface area contributed by atoms with E-state index < -0.39 is 0 Å². The maximum absolute atomic E-state index is 12.1. The van der Waals surface area contributed by atoms with Crippen LogP contribution in [0.3, 0.4) is 0 Å². The number of benzene rings is 1. The number of hydrogen-bond donors (Lipinski definition) is 1. The molecule has 0 spiro atoms. The number of carbonyl (C=O) groups is 1. The Bertz CT molecular complexity index is 448. The molecule has 0 unspecified atom stereocenters. The summed E-state index contributed by atoms with van der Waals surface area (Å²) in [6.07, 6.45) is 0.379. The first-order valence-electron chi connectivity index (χ1n) is 6.80. The van der Waals surface area contributed by atoms with Gasteiger partial charge in [-0.05, 0) is 25.0 Å². The Morgan fingerprint density at radius 2 is 2.21 bits per heavy atom. The van der Waals surface area contributed by atoms with Crippen LogP contribution in [0.15, 0.2) is 24.3 Å². The van der Waals surface area contributed by atoms with Gasteiger partial charge in [0, 0.05) is 13.0 Å². The normalized spacial score (nSPS) is 23.4. The number of amides is 1. The zero-order valence-corrected chi connectivity index (χ0v) is 11.6. The Labute approximate surface area is 114 Å². The Morgan fingerprint density at radius 3 is 2.89 bits per heavy atom. The maximum Gasteiger partial charge on any atom is 0.224 e. The second kappa shape index (κ2) is 6.17. The molecule has 2 rings (SSSR count). The topological polar surface area (TPSA) is 55.6 Å². The fourth-order valence-electron chi connectivity index (χ4n) is 2.51. The van der Waals surface area contributed by atoms with Gasteiger partial charge in [-0.2, -0.15) is 0 Å². The molecule has 1 aromatic carbocycles. The van der Waals surface area contributed by atoms with Gasteiger partial charge in [0.25, 0.3) is 0 Å². The van der Waals surface area contributed by atoms with Crippen LogP contribution in [0.4, 0.5) is 0 Å². The lowest BCUT2D eigenvalue weighted by Crippen LogP contribution is -2.48. The molecule has 0 radical (unpaired) electrons. The molecule has 4 heteroatoms. The quantitative estimate of drug-likeness (QED) is 0.901. The Hall–Kier alpha value is -1.39. The van der Waals surface area contributed by atoms with Crippen molar-refractivity contribution < 1.29 is 9.53 Å². The Morgan fingerprint density at radius 1 is 1.47 bits per heavy atom. The second-order valence-electron chi connectivity index (χ2n) is 5.11. The van der Waals surface area contributed by atoms with Gasteiger partial charge in [0.05, 0.1) is 19.2 Å². The zero-order chi connectivity index (χ0) is 13.8. The lowest BCUT2D eigenvalue weighted by atomic mass is 10.0. The SMILES string of the molecule is Cc1ccccc1[C@@H]1CN(C(=O)CCN)[C@H](C)CO1. The summed E-state index contributed by atoms with van der Waals surface area (Å²) in [5, 5.41) is 0. The minimum Gasteiger partial charge on any atom is -0.370 e. The lowest BCUT2D eigenvalue weighted by molar-refractivity contribution is -0.144. The molecular weight excluding hydrogens is 240 g/mol. The second-order valence-corrected chi connectivity index (χ2v) is 5.11. The average molecular weight is 262 g/mol. The van der Waals surface area contributed by atoms with Gasteiger partial charge >= 0.3 is 0 Å². The van der Waals surface area contributed by atoms with Crippen LogP contribution in [-0.2, 0) is 9.53 Å². The largest absolute Gasteiger partial charge is 0.370 e. The summed E-state index contributed by atoms with van der Waals surface area (Å²) in [4.78, 5) is 14.0. The third-order valence-corrected chi connectivity index (χ3v) is 3.65. The van der Waals surface area contributed by atoms with Crippen molar-refractivity contribution in [3.8, 4) is 0 Å². The van der Waals surface area contributed by atoms with E-state index in [2.05, 4.69) is 19.1 Å². The van der Waals surface area contributed by atoms with Crippen molar-refractivity contribution >= 4 is 5.91 Å². The first-order valence-corrected chi connectivity index (χ1v) is 6.80. The van der Waals surface area contributed by atoms with E-state index in [9.17, 15) is 4.79 Å². The van der Waals surface area contributed by atoms with E-state index in [0.29, 0.717) is 26.1 Å². The van der Waals surface area contributed by atoms with Crippen LogP contribution >= 0.6 is 0 Å². The maximum atomic E-state index is 12.1. The fourth-order valence-corrected chi connectivity index (χ4v) is 2.51. The number of rotatable bonds is 3. The molecule has 1 fully saturated rings. The van der Waals surface area contributed by atoms with Crippen molar-refractivity contribution in [2.75, 3.05) is 19.7 Å². The van der Waals surface area contributed by atoms with Gasteiger partial charge < -0.3 is 15.4 Å². The highest BCUT2D eigenvalue weighted by molar-refractivity contribution is 5.76. The summed E-state index contributed by atoms with van der Waals surface area (Å²) in [5.74, 6) is 0.122. The van der Waals surface area contributed by atoms with Crippen LogP contribution in [0, 0.1) is 6.92 Å². The van der Waals surface area contributed by atoms with Crippen molar-refractivity contribution in [3.05, 3.63) is 35.4 Å². The molecular formula is C15H22N2O2. The molecule has 4 nitrogen and oxygen atoms in total. The number of aryl methyl sites for hydroxylation is 1. The molecule has 0 saturated carbocycles. The van der Waals surface area contributed by atoms with Gasteiger partial charge in [0.2, 0.25) is 5.91 Å². The van der Waals surface area contributed by atoms with Gasteiger partial charge in [-0.3, -0.25) is 4.79 Å². The molecule has 1 aliphatic rings. The smallest absolute Gasteiger partial charge is 0.224 e. The van der Waals surface area contributed by atoms with E-state index in [1.165, 1.54) is 11.1 Å². The van der Waals surface area contributed by atoms with Gasteiger partial charge in [-0.25, -0.2) is 0 Å². The highest BCUT2D eigenvalue weighted by Crippen LogP contribution is 2.27. The van der Waals surface area contributed by atoms with Gasteiger partial charge in [0.15, 0.2) is 0 Å². The standard InChI is InChI=1S/C15H22N2O2/c1-11-5-3-4-6-13(11)14-9-17(12(2)10-19-14)15(18)7-8-16/h3-6,12,14H,7-10,16H2,1-2H3/t12-,14+/m1/s1. The zero-order valence-electron chi connectivity index (χ0n) is 11.6. The summed E-state index contributed by atoms with van der Waals surface area (Å²) in [7, 11) is 0. The molecule has 1 saturated heterocycles. The summed E-state index contributed by atoms with van der Waals surface area (Å²) >= 11 is 0. The van der Waals surface area contributed by atoms with Crippen molar-refractivity contribution in [3.63, 3.8) is 0 Å². The highest BCUT2D eigenvalue weighted by Gasteiger charge is 2.30. The van der Waals surface area contributed by atoms with Crippen molar-refractivity contribution in [2.45, 2.75) is 32.4 Å². The predicted molar refractivity (Wildman–Crippen MR) is 74.7 cm³/mol. The van der Waals surface area contributed by atoms with E-state index in [4.69, 9.17) is 10.5 Å². The Kier molecular flexibility index (Phi) is 4.56. The summed E-state index contributed by atoms with van der Waals surface area (Å²) in [5.41, 5.74) is 7.84. The lowest BCUT2D eigenvalue weighted by Gasteiger charge is -2.38. The summed E-state index contributed by atoms with van der Waals surface area (Å²) in [6, 6.07) is 8.29. The van der Waals surface area contributed by atoms with Crippen LogP contribution < -0.4 is 5.73 Å². The summed E-state index contributed by atoms with van der Waals surface area (Å²) in [6.45, 7) is 5.68. The third-order valence-electron chi connectivity index (χ3n) is 3.65. The number of carbonyl (C=O) groups excluding carboxylic acids is 1. The molecule has 1 aromatic rings. The molecule has 2 atom stereocenters. The molecule has 0 bridgehead atoms. The molecule has 19 heavy (non-hydrogen) atoms. The highest BCUT2D eigenvalue weighted by atomic mass is 16.5.